The summed E-state index contributed by atoms with van der Waals surface area (Å²) in [5.41, 5.74) is 7.30. The van der Waals surface area contributed by atoms with Crippen LogP contribution in [-0.2, 0) is 13.1 Å². The molecule has 1 amide bonds. The Morgan fingerprint density at radius 1 is 1.05 bits per heavy atom. The number of benzene rings is 2. The maximum atomic E-state index is 13.4. The molecule has 0 saturated heterocycles. The smallest absolute Gasteiger partial charge is 0.248 e. The molecule has 0 heterocycles. The van der Waals surface area contributed by atoms with Crippen molar-refractivity contribution >= 4 is 5.91 Å². The molecule has 2 aromatic rings. The molecular formula is C15H15FN2O. The van der Waals surface area contributed by atoms with Crippen LogP contribution in [0, 0.1) is 5.82 Å². The van der Waals surface area contributed by atoms with Gasteiger partial charge in [-0.15, -0.1) is 0 Å². The van der Waals surface area contributed by atoms with Crippen LogP contribution in [0.3, 0.4) is 0 Å². The Hall–Kier alpha value is -2.20. The average Bonchev–Trinajstić information content (AvgIpc) is 2.41. The van der Waals surface area contributed by atoms with E-state index in [1.165, 1.54) is 6.07 Å². The highest BCUT2D eigenvalue weighted by molar-refractivity contribution is 5.92. The molecule has 0 unspecified atom stereocenters. The number of hydrogen-bond acceptors (Lipinski definition) is 2. The lowest BCUT2D eigenvalue weighted by Crippen LogP contribution is -2.14. The van der Waals surface area contributed by atoms with Crippen molar-refractivity contribution in [2.24, 2.45) is 5.73 Å². The summed E-state index contributed by atoms with van der Waals surface area (Å²) in [5, 5.41) is 3.15. The average molecular weight is 258 g/mol. The topological polar surface area (TPSA) is 55.1 Å². The summed E-state index contributed by atoms with van der Waals surface area (Å²) < 4.78 is 13.4. The third-order valence-electron chi connectivity index (χ3n) is 2.84. The van der Waals surface area contributed by atoms with Crippen LogP contribution in [0.15, 0.2) is 48.5 Å². The molecule has 0 aliphatic rings. The van der Waals surface area contributed by atoms with E-state index >= 15 is 0 Å². The Labute approximate surface area is 111 Å². The summed E-state index contributed by atoms with van der Waals surface area (Å²) in [5.74, 6) is -0.648. The van der Waals surface area contributed by atoms with E-state index in [-0.39, 0.29) is 5.82 Å². The van der Waals surface area contributed by atoms with E-state index in [1.54, 1.807) is 24.3 Å². The van der Waals surface area contributed by atoms with Gasteiger partial charge in [0.2, 0.25) is 5.91 Å². The van der Waals surface area contributed by atoms with Crippen molar-refractivity contribution in [2.75, 3.05) is 0 Å². The fraction of sp³-hybridized carbons (Fsp3) is 0.133. The van der Waals surface area contributed by atoms with Gasteiger partial charge in [0, 0.05) is 24.2 Å². The predicted octanol–water partition coefficient (Wildman–Crippen LogP) is 2.21. The number of nitrogens with two attached hydrogens (primary N) is 1. The maximum absolute atomic E-state index is 13.4. The molecule has 2 aromatic carbocycles. The molecule has 0 aliphatic heterocycles. The molecule has 2 rings (SSSR count). The fourth-order valence-electron chi connectivity index (χ4n) is 1.77. The standard InChI is InChI=1S/C15H15FN2O/c16-14-4-2-1-3-13(14)10-18-9-11-5-7-12(8-6-11)15(17)19/h1-8,18H,9-10H2,(H2,17,19). The van der Waals surface area contributed by atoms with Gasteiger partial charge in [-0.1, -0.05) is 30.3 Å². The van der Waals surface area contributed by atoms with Crippen molar-refractivity contribution in [3.8, 4) is 0 Å². The molecular weight excluding hydrogens is 243 g/mol. The summed E-state index contributed by atoms with van der Waals surface area (Å²) in [6, 6.07) is 13.7. The summed E-state index contributed by atoms with van der Waals surface area (Å²) in [7, 11) is 0. The highest BCUT2D eigenvalue weighted by Gasteiger charge is 2.01. The van der Waals surface area contributed by atoms with E-state index in [2.05, 4.69) is 5.32 Å². The van der Waals surface area contributed by atoms with E-state index in [1.807, 2.05) is 18.2 Å². The number of carbonyl (C=O) groups excluding carboxylic acids is 1. The molecule has 0 atom stereocenters. The molecule has 0 aliphatic carbocycles. The van der Waals surface area contributed by atoms with Crippen molar-refractivity contribution in [3.63, 3.8) is 0 Å². The lowest BCUT2D eigenvalue weighted by atomic mass is 10.1. The van der Waals surface area contributed by atoms with Gasteiger partial charge >= 0.3 is 0 Å². The Kier molecular flexibility index (Phi) is 4.26. The molecule has 0 radical (unpaired) electrons. The molecule has 98 valence electrons. The van der Waals surface area contributed by atoms with Gasteiger partial charge in [0.05, 0.1) is 0 Å². The Bertz CT molecular complexity index is 567. The monoisotopic (exact) mass is 258 g/mol. The first-order valence-electron chi connectivity index (χ1n) is 5.99. The fourth-order valence-corrected chi connectivity index (χ4v) is 1.77. The van der Waals surface area contributed by atoms with E-state index in [9.17, 15) is 9.18 Å². The second-order valence-electron chi connectivity index (χ2n) is 4.26. The van der Waals surface area contributed by atoms with Crippen LogP contribution in [-0.4, -0.2) is 5.91 Å². The third kappa shape index (κ3) is 3.63. The highest BCUT2D eigenvalue weighted by atomic mass is 19.1. The minimum Gasteiger partial charge on any atom is -0.366 e. The zero-order valence-corrected chi connectivity index (χ0v) is 10.4. The third-order valence-corrected chi connectivity index (χ3v) is 2.84. The Morgan fingerprint density at radius 2 is 1.74 bits per heavy atom. The first-order chi connectivity index (χ1) is 9.16. The first-order valence-corrected chi connectivity index (χ1v) is 5.99. The molecule has 3 N–H and O–H groups in total. The minimum absolute atomic E-state index is 0.209. The van der Waals surface area contributed by atoms with E-state index in [0.717, 1.165) is 5.56 Å². The van der Waals surface area contributed by atoms with Gasteiger partial charge in [-0.25, -0.2) is 4.39 Å². The summed E-state index contributed by atoms with van der Waals surface area (Å²) in [4.78, 5) is 10.9. The quantitative estimate of drug-likeness (QED) is 0.864. The molecule has 0 spiro atoms. The maximum Gasteiger partial charge on any atom is 0.248 e. The zero-order valence-electron chi connectivity index (χ0n) is 10.4. The number of rotatable bonds is 5. The van der Waals surface area contributed by atoms with E-state index in [4.69, 9.17) is 5.73 Å². The second kappa shape index (κ2) is 6.11. The van der Waals surface area contributed by atoms with Crippen LogP contribution in [0.25, 0.3) is 0 Å². The van der Waals surface area contributed by atoms with Gasteiger partial charge in [-0.2, -0.15) is 0 Å². The van der Waals surface area contributed by atoms with Crippen molar-refractivity contribution < 1.29 is 9.18 Å². The van der Waals surface area contributed by atoms with Gasteiger partial charge in [0.1, 0.15) is 5.82 Å². The SMILES string of the molecule is NC(=O)c1ccc(CNCc2ccccc2F)cc1. The van der Waals surface area contributed by atoms with Gasteiger partial charge in [-0.05, 0) is 23.8 Å². The van der Waals surface area contributed by atoms with Crippen molar-refractivity contribution in [3.05, 3.63) is 71.0 Å². The van der Waals surface area contributed by atoms with E-state index < -0.39 is 5.91 Å². The zero-order chi connectivity index (χ0) is 13.7. The number of hydrogen-bond donors (Lipinski definition) is 2. The lowest BCUT2D eigenvalue weighted by molar-refractivity contribution is 0.100. The molecule has 0 fully saturated rings. The van der Waals surface area contributed by atoms with Crippen molar-refractivity contribution in [2.45, 2.75) is 13.1 Å². The Balaban J connectivity index is 1.89. The molecule has 0 saturated carbocycles. The van der Waals surface area contributed by atoms with Crippen molar-refractivity contribution in [1.82, 2.24) is 5.32 Å². The number of carbonyl (C=O) groups is 1. The van der Waals surface area contributed by atoms with Crippen LogP contribution in [0.4, 0.5) is 4.39 Å². The van der Waals surface area contributed by atoms with Crippen LogP contribution in [0.2, 0.25) is 0 Å². The minimum atomic E-state index is -0.439. The Morgan fingerprint density at radius 3 is 2.37 bits per heavy atom. The van der Waals surface area contributed by atoms with Gasteiger partial charge < -0.3 is 11.1 Å². The van der Waals surface area contributed by atoms with Gasteiger partial charge in [0.25, 0.3) is 0 Å². The second-order valence-corrected chi connectivity index (χ2v) is 4.26. The van der Waals surface area contributed by atoms with E-state index in [0.29, 0.717) is 24.2 Å². The largest absolute Gasteiger partial charge is 0.366 e. The summed E-state index contributed by atoms with van der Waals surface area (Å²) >= 11 is 0. The number of nitrogens with one attached hydrogen (secondary N) is 1. The van der Waals surface area contributed by atoms with Crippen LogP contribution >= 0.6 is 0 Å². The molecule has 3 nitrogen and oxygen atoms in total. The normalized spacial score (nSPS) is 10.4. The van der Waals surface area contributed by atoms with Crippen LogP contribution in [0.1, 0.15) is 21.5 Å². The lowest BCUT2D eigenvalue weighted by Gasteiger charge is -2.06. The molecule has 0 aromatic heterocycles. The highest BCUT2D eigenvalue weighted by Crippen LogP contribution is 2.07. The van der Waals surface area contributed by atoms with Crippen LogP contribution < -0.4 is 11.1 Å². The molecule has 19 heavy (non-hydrogen) atoms. The molecule has 4 heteroatoms. The number of amides is 1. The predicted molar refractivity (Wildman–Crippen MR) is 71.9 cm³/mol. The van der Waals surface area contributed by atoms with Gasteiger partial charge in [-0.3, -0.25) is 4.79 Å². The molecule has 0 bridgehead atoms. The summed E-state index contributed by atoms with van der Waals surface area (Å²) in [6.07, 6.45) is 0. The number of primary amides is 1. The van der Waals surface area contributed by atoms with Crippen LogP contribution in [0.5, 0.6) is 0 Å². The first kappa shape index (κ1) is 13.2. The number of halogens is 1. The van der Waals surface area contributed by atoms with Gasteiger partial charge in [0.15, 0.2) is 0 Å². The summed E-state index contributed by atoms with van der Waals surface area (Å²) in [6.45, 7) is 1.07. The van der Waals surface area contributed by atoms with Crippen molar-refractivity contribution in [1.29, 1.82) is 0 Å².